The van der Waals surface area contributed by atoms with Gasteiger partial charge in [-0.25, -0.2) is 4.39 Å². The predicted octanol–water partition coefficient (Wildman–Crippen LogP) is 5.97. The Balaban J connectivity index is 1.65. The van der Waals surface area contributed by atoms with Gasteiger partial charge < -0.3 is 20.1 Å². The third-order valence-electron chi connectivity index (χ3n) is 6.35. The van der Waals surface area contributed by atoms with Crippen LogP contribution in [0.1, 0.15) is 47.7 Å². The van der Waals surface area contributed by atoms with Crippen LogP contribution in [0.4, 0.5) is 4.39 Å². The molecule has 4 rings (SSSR count). The van der Waals surface area contributed by atoms with E-state index >= 15 is 0 Å². The zero-order valence-electron chi connectivity index (χ0n) is 20.3. The van der Waals surface area contributed by atoms with Crippen molar-refractivity contribution in [3.63, 3.8) is 0 Å². The average molecular weight is 475 g/mol. The number of rotatable bonds is 9. The lowest BCUT2D eigenvalue weighted by molar-refractivity contribution is 0.0903. The van der Waals surface area contributed by atoms with Gasteiger partial charge in [0.1, 0.15) is 11.6 Å². The minimum absolute atomic E-state index is 0.155. The summed E-state index contributed by atoms with van der Waals surface area (Å²) in [7, 11) is 0. The molecule has 0 saturated heterocycles. The largest absolute Gasteiger partial charge is 0.493 e. The number of para-hydroxylation sites is 1. The molecule has 182 valence electrons. The maximum absolute atomic E-state index is 14.7. The standard InChI is InChI=1S/C29H31FN2O3/c1-4-13-35-28-12-10-20(21-11-9-18(2)14-25(21)30)15-23(28)29(34)32-27(17-33)19(3)24-16-31-26-8-6-5-7-22(24)26/h5-12,14-16,19,27,31,33H,4,13,17H2,1-3H3,(H,32,34)/t19-,27?/m1/s1. The van der Waals surface area contributed by atoms with Gasteiger partial charge >= 0.3 is 0 Å². The lowest BCUT2D eigenvalue weighted by Gasteiger charge is -2.24. The van der Waals surface area contributed by atoms with Gasteiger partial charge in [-0.05, 0) is 54.3 Å². The molecule has 3 aromatic carbocycles. The highest BCUT2D eigenvalue weighted by Gasteiger charge is 2.25. The summed E-state index contributed by atoms with van der Waals surface area (Å²) in [5, 5.41) is 14.2. The van der Waals surface area contributed by atoms with E-state index in [0.29, 0.717) is 29.0 Å². The SMILES string of the molecule is CCCOc1ccc(-c2ccc(C)cc2F)cc1C(=O)NC(CO)[C@H](C)c1c[nH]c2ccccc12. The number of nitrogens with one attached hydrogen (secondary N) is 2. The minimum Gasteiger partial charge on any atom is -0.493 e. The Bertz CT molecular complexity index is 1330. The Kier molecular flexibility index (Phi) is 7.51. The lowest BCUT2D eigenvalue weighted by Crippen LogP contribution is -2.41. The number of H-pyrrole nitrogens is 1. The van der Waals surface area contributed by atoms with E-state index in [9.17, 15) is 14.3 Å². The number of benzene rings is 3. The van der Waals surface area contributed by atoms with E-state index in [1.807, 2.05) is 57.3 Å². The van der Waals surface area contributed by atoms with Gasteiger partial charge in [-0.2, -0.15) is 0 Å². The minimum atomic E-state index is -0.527. The number of aromatic amines is 1. The van der Waals surface area contributed by atoms with E-state index in [1.54, 1.807) is 24.3 Å². The zero-order chi connectivity index (χ0) is 24.9. The van der Waals surface area contributed by atoms with Gasteiger partial charge in [-0.1, -0.05) is 50.2 Å². The smallest absolute Gasteiger partial charge is 0.255 e. The van der Waals surface area contributed by atoms with Crippen molar-refractivity contribution < 1.29 is 19.0 Å². The first-order valence-electron chi connectivity index (χ1n) is 11.9. The zero-order valence-corrected chi connectivity index (χ0v) is 20.3. The topological polar surface area (TPSA) is 74.3 Å². The van der Waals surface area contributed by atoms with E-state index in [-0.39, 0.29) is 24.2 Å². The summed E-state index contributed by atoms with van der Waals surface area (Å²) >= 11 is 0. The average Bonchev–Trinajstić information content (AvgIpc) is 3.30. The monoisotopic (exact) mass is 474 g/mol. The Morgan fingerprint density at radius 3 is 2.69 bits per heavy atom. The molecule has 0 saturated carbocycles. The van der Waals surface area contributed by atoms with Crippen molar-refractivity contribution in [2.45, 2.75) is 39.2 Å². The Morgan fingerprint density at radius 1 is 1.14 bits per heavy atom. The number of aliphatic hydroxyl groups excluding tert-OH is 1. The molecule has 2 atom stereocenters. The highest BCUT2D eigenvalue weighted by molar-refractivity contribution is 5.98. The molecule has 1 aromatic heterocycles. The van der Waals surface area contributed by atoms with Gasteiger partial charge in [0.15, 0.2) is 0 Å². The quantitative estimate of drug-likeness (QED) is 0.280. The number of hydrogen-bond donors (Lipinski definition) is 3. The number of aryl methyl sites for hydroxylation is 1. The van der Waals surface area contributed by atoms with Crippen molar-refractivity contribution in [3.05, 3.63) is 89.4 Å². The van der Waals surface area contributed by atoms with Crippen LogP contribution in [0.2, 0.25) is 0 Å². The van der Waals surface area contributed by atoms with Gasteiger partial charge in [-0.15, -0.1) is 0 Å². The van der Waals surface area contributed by atoms with E-state index in [0.717, 1.165) is 28.5 Å². The molecule has 0 radical (unpaired) electrons. The Labute approximate surface area is 205 Å². The molecular formula is C29H31FN2O3. The summed E-state index contributed by atoms with van der Waals surface area (Å²) in [5.41, 5.74) is 4.14. The van der Waals surface area contributed by atoms with Gasteiger partial charge in [-0.3, -0.25) is 4.79 Å². The number of amides is 1. The van der Waals surface area contributed by atoms with E-state index in [1.165, 1.54) is 6.07 Å². The van der Waals surface area contributed by atoms with Crippen LogP contribution in [0.5, 0.6) is 5.75 Å². The highest BCUT2D eigenvalue weighted by atomic mass is 19.1. The fraction of sp³-hybridized carbons (Fsp3) is 0.276. The first-order valence-corrected chi connectivity index (χ1v) is 11.9. The van der Waals surface area contributed by atoms with Gasteiger partial charge in [0.05, 0.1) is 24.8 Å². The summed E-state index contributed by atoms with van der Waals surface area (Å²) in [6, 6.07) is 17.5. The molecule has 1 unspecified atom stereocenters. The fourth-order valence-corrected chi connectivity index (χ4v) is 4.33. The first-order chi connectivity index (χ1) is 16.9. The van der Waals surface area contributed by atoms with E-state index < -0.39 is 6.04 Å². The molecule has 0 aliphatic heterocycles. The van der Waals surface area contributed by atoms with Crippen molar-refractivity contribution >= 4 is 16.8 Å². The summed E-state index contributed by atoms with van der Waals surface area (Å²) in [4.78, 5) is 16.7. The van der Waals surface area contributed by atoms with Crippen molar-refractivity contribution in [2.75, 3.05) is 13.2 Å². The molecule has 1 heterocycles. The molecule has 0 spiro atoms. The van der Waals surface area contributed by atoms with Crippen LogP contribution in [0.25, 0.3) is 22.0 Å². The second-order valence-electron chi connectivity index (χ2n) is 8.88. The van der Waals surface area contributed by atoms with Crippen LogP contribution in [-0.2, 0) is 0 Å². The van der Waals surface area contributed by atoms with Crippen LogP contribution < -0.4 is 10.1 Å². The van der Waals surface area contributed by atoms with Crippen LogP contribution in [-0.4, -0.2) is 35.3 Å². The van der Waals surface area contributed by atoms with Crippen LogP contribution in [0.3, 0.4) is 0 Å². The second-order valence-corrected chi connectivity index (χ2v) is 8.88. The molecule has 0 aliphatic carbocycles. The van der Waals surface area contributed by atoms with Crippen LogP contribution >= 0.6 is 0 Å². The molecule has 1 amide bonds. The van der Waals surface area contributed by atoms with Crippen LogP contribution in [0.15, 0.2) is 66.9 Å². The van der Waals surface area contributed by atoms with Crippen molar-refractivity contribution in [1.82, 2.24) is 10.3 Å². The number of carbonyl (C=O) groups is 1. The number of aromatic nitrogens is 1. The summed E-state index contributed by atoms with van der Waals surface area (Å²) < 4.78 is 20.5. The third kappa shape index (κ3) is 5.23. The van der Waals surface area contributed by atoms with E-state index in [4.69, 9.17) is 4.74 Å². The lowest BCUT2D eigenvalue weighted by atomic mass is 9.93. The molecule has 0 fully saturated rings. The molecular weight excluding hydrogens is 443 g/mol. The Morgan fingerprint density at radius 2 is 1.94 bits per heavy atom. The predicted molar refractivity (Wildman–Crippen MR) is 137 cm³/mol. The number of aliphatic hydroxyl groups is 1. The van der Waals surface area contributed by atoms with Crippen molar-refractivity contribution in [1.29, 1.82) is 0 Å². The first kappa shape index (κ1) is 24.5. The second kappa shape index (κ2) is 10.7. The Hall–Kier alpha value is -3.64. The summed E-state index contributed by atoms with van der Waals surface area (Å²) in [6.45, 7) is 6.01. The fourth-order valence-electron chi connectivity index (χ4n) is 4.33. The summed E-state index contributed by atoms with van der Waals surface area (Å²) in [6.07, 6.45) is 2.70. The maximum Gasteiger partial charge on any atom is 0.255 e. The van der Waals surface area contributed by atoms with Gasteiger partial charge in [0.25, 0.3) is 5.91 Å². The van der Waals surface area contributed by atoms with Crippen LogP contribution in [0, 0.1) is 12.7 Å². The molecule has 35 heavy (non-hydrogen) atoms. The summed E-state index contributed by atoms with van der Waals surface area (Å²) in [5.74, 6) is -0.453. The highest BCUT2D eigenvalue weighted by Crippen LogP contribution is 2.31. The number of hydrogen-bond acceptors (Lipinski definition) is 3. The molecule has 0 aliphatic rings. The maximum atomic E-state index is 14.7. The van der Waals surface area contributed by atoms with Crippen molar-refractivity contribution in [2.24, 2.45) is 0 Å². The molecule has 6 heteroatoms. The molecule has 0 bridgehead atoms. The van der Waals surface area contributed by atoms with Crippen molar-refractivity contribution in [3.8, 4) is 16.9 Å². The van der Waals surface area contributed by atoms with Gasteiger partial charge in [0, 0.05) is 28.6 Å². The molecule has 3 N–H and O–H groups in total. The van der Waals surface area contributed by atoms with Gasteiger partial charge in [0.2, 0.25) is 0 Å². The number of ether oxygens (including phenoxy) is 1. The number of halogens is 1. The number of fused-ring (bicyclic) bond motifs is 1. The third-order valence-corrected chi connectivity index (χ3v) is 6.35. The molecule has 4 aromatic rings. The van der Waals surface area contributed by atoms with E-state index in [2.05, 4.69) is 10.3 Å². The molecule has 5 nitrogen and oxygen atoms in total. The number of carbonyl (C=O) groups excluding carboxylic acids is 1. The normalized spacial score (nSPS) is 12.9.